The highest BCUT2D eigenvalue weighted by Crippen LogP contribution is 2.23. The Bertz CT molecular complexity index is 262. The predicted molar refractivity (Wildman–Crippen MR) is 62.6 cm³/mol. The summed E-state index contributed by atoms with van der Waals surface area (Å²) in [4.78, 5) is 11.8. The Kier molecular flexibility index (Phi) is 4.04. The van der Waals surface area contributed by atoms with Crippen LogP contribution in [0.5, 0.6) is 0 Å². The van der Waals surface area contributed by atoms with E-state index in [2.05, 4.69) is 5.32 Å². The summed E-state index contributed by atoms with van der Waals surface area (Å²) < 4.78 is 5.55. The molecular formula is C10H18N2O2S. The van der Waals surface area contributed by atoms with Crippen LogP contribution < -0.4 is 11.1 Å². The third kappa shape index (κ3) is 3.43. The molecule has 0 aliphatic carbocycles. The molecule has 0 aromatic carbocycles. The zero-order valence-electron chi connectivity index (χ0n) is 9.21. The molecule has 0 aromatic rings. The zero-order valence-corrected chi connectivity index (χ0v) is 10.0. The molecule has 1 heterocycles. The first-order chi connectivity index (χ1) is 6.94. The molecule has 0 radical (unpaired) electrons. The highest BCUT2D eigenvalue weighted by atomic mass is 32.1. The molecule has 1 aliphatic rings. The van der Waals surface area contributed by atoms with Crippen molar-refractivity contribution in [3.05, 3.63) is 0 Å². The second-order valence-corrected chi connectivity index (χ2v) is 4.72. The molecule has 0 saturated carbocycles. The summed E-state index contributed by atoms with van der Waals surface area (Å²) in [6.07, 6.45) is 2.03. The lowest BCUT2D eigenvalue weighted by Gasteiger charge is -2.24. The standard InChI is InChI=1S/C10H18N2O2S/c1-7(8(11)15)9(13)12-6-10(2)4-3-5-14-10/h7H,3-6H2,1-2H3,(H2,11,15)(H,12,13). The van der Waals surface area contributed by atoms with Crippen molar-refractivity contribution < 1.29 is 9.53 Å². The molecule has 0 bridgehead atoms. The number of nitrogens with two attached hydrogens (primary N) is 1. The lowest BCUT2D eigenvalue weighted by Crippen LogP contribution is -2.44. The number of hydrogen-bond donors (Lipinski definition) is 2. The average molecular weight is 230 g/mol. The molecular weight excluding hydrogens is 212 g/mol. The van der Waals surface area contributed by atoms with Gasteiger partial charge in [0.15, 0.2) is 0 Å². The van der Waals surface area contributed by atoms with E-state index in [0.29, 0.717) is 6.54 Å². The number of carbonyl (C=O) groups excluding carboxylic acids is 1. The topological polar surface area (TPSA) is 64.3 Å². The predicted octanol–water partition coefficient (Wildman–Crippen LogP) is 0.594. The number of carbonyl (C=O) groups is 1. The number of nitrogens with one attached hydrogen (secondary N) is 1. The number of ether oxygens (including phenoxy) is 1. The second-order valence-electron chi connectivity index (χ2n) is 4.24. The molecule has 2 unspecified atom stereocenters. The van der Waals surface area contributed by atoms with Crippen LogP contribution in [0.25, 0.3) is 0 Å². The summed E-state index contributed by atoms with van der Waals surface area (Å²) in [5.41, 5.74) is 5.18. The molecule has 2 atom stereocenters. The first kappa shape index (κ1) is 12.4. The van der Waals surface area contributed by atoms with Crippen molar-refractivity contribution in [2.75, 3.05) is 13.2 Å². The molecule has 15 heavy (non-hydrogen) atoms. The van der Waals surface area contributed by atoms with E-state index in [1.54, 1.807) is 6.92 Å². The molecule has 1 rings (SSSR count). The SMILES string of the molecule is CC(C(=O)NCC1(C)CCCO1)C(N)=S. The minimum atomic E-state index is -0.412. The third-order valence-corrected chi connectivity index (χ3v) is 3.11. The van der Waals surface area contributed by atoms with Crippen LogP contribution in [0.15, 0.2) is 0 Å². The quantitative estimate of drug-likeness (QED) is 0.694. The van der Waals surface area contributed by atoms with Crippen LogP contribution in [0.2, 0.25) is 0 Å². The lowest BCUT2D eigenvalue weighted by atomic mass is 10.0. The fraction of sp³-hybridized carbons (Fsp3) is 0.800. The van der Waals surface area contributed by atoms with Crippen LogP contribution >= 0.6 is 12.2 Å². The van der Waals surface area contributed by atoms with Gasteiger partial charge in [-0.15, -0.1) is 0 Å². The molecule has 86 valence electrons. The Morgan fingerprint density at radius 1 is 1.73 bits per heavy atom. The Morgan fingerprint density at radius 2 is 2.40 bits per heavy atom. The summed E-state index contributed by atoms with van der Waals surface area (Å²) in [6.45, 7) is 5.01. The third-order valence-electron chi connectivity index (χ3n) is 2.76. The van der Waals surface area contributed by atoms with Gasteiger partial charge in [-0.05, 0) is 26.7 Å². The van der Waals surface area contributed by atoms with E-state index in [4.69, 9.17) is 22.7 Å². The number of thiocarbonyl (C=S) groups is 1. The Hall–Kier alpha value is -0.680. The van der Waals surface area contributed by atoms with Crippen molar-refractivity contribution in [3.8, 4) is 0 Å². The smallest absolute Gasteiger partial charge is 0.229 e. The fourth-order valence-corrected chi connectivity index (χ4v) is 1.64. The maximum atomic E-state index is 11.5. The number of amides is 1. The van der Waals surface area contributed by atoms with Crippen molar-refractivity contribution in [3.63, 3.8) is 0 Å². The minimum Gasteiger partial charge on any atom is -0.393 e. The van der Waals surface area contributed by atoms with Gasteiger partial charge >= 0.3 is 0 Å². The number of rotatable bonds is 4. The monoisotopic (exact) mass is 230 g/mol. The van der Waals surface area contributed by atoms with Gasteiger partial charge < -0.3 is 15.8 Å². The second kappa shape index (κ2) is 4.90. The maximum Gasteiger partial charge on any atom is 0.229 e. The van der Waals surface area contributed by atoms with E-state index in [9.17, 15) is 4.79 Å². The van der Waals surface area contributed by atoms with E-state index in [-0.39, 0.29) is 16.5 Å². The molecule has 4 nitrogen and oxygen atoms in total. The largest absolute Gasteiger partial charge is 0.393 e. The van der Waals surface area contributed by atoms with Gasteiger partial charge in [0.05, 0.1) is 16.5 Å². The van der Waals surface area contributed by atoms with Crippen molar-refractivity contribution >= 4 is 23.1 Å². The van der Waals surface area contributed by atoms with Crippen LogP contribution in [-0.2, 0) is 9.53 Å². The lowest BCUT2D eigenvalue weighted by molar-refractivity contribution is -0.123. The van der Waals surface area contributed by atoms with E-state index in [1.807, 2.05) is 6.92 Å². The minimum absolute atomic E-state index is 0.126. The Labute approximate surface area is 95.5 Å². The van der Waals surface area contributed by atoms with Gasteiger partial charge in [-0.25, -0.2) is 0 Å². The summed E-state index contributed by atoms with van der Waals surface area (Å²) in [5, 5.41) is 2.81. The number of hydrogen-bond acceptors (Lipinski definition) is 3. The van der Waals surface area contributed by atoms with Crippen LogP contribution in [0.4, 0.5) is 0 Å². The summed E-state index contributed by atoms with van der Waals surface area (Å²) in [6, 6.07) is 0. The molecule has 0 spiro atoms. The van der Waals surface area contributed by atoms with Crippen molar-refractivity contribution in [1.29, 1.82) is 0 Å². The first-order valence-electron chi connectivity index (χ1n) is 5.16. The molecule has 1 amide bonds. The molecule has 5 heteroatoms. The van der Waals surface area contributed by atoms with Gasteiger partial charge in [-0.3, -0.25) is 4.79 Å². The van der Waals surface area contributed by atoms with Crippen LogP contribution in [-0.4, -0.2) is 29.6 Å². The molecule has 1 aliphatic heterocycles. The highest BCUT2D eigenvalue weighted by Gasteiger charge is 2.30. The van der Waals surface area contributed by atoms with Crippen molar-refractivity contribution in [2.45, 2.75) is 32.3 Å². The fourth-order valence-electron chi connectivity index (χ4n) is 1.53. The Balaban J connectivity index is 2.36. The van der Waals surface area contributed by atoms with Crippen molar-refractivity contribution in [2.24, 2.45) is 11.7 Å². The molecule has 0 aromatic heterocycles. The summed E-state index contributed by atoms with van der Waals surface area (Å²) in [7, 11) is 0. The normalized spacial score (nSPS) is 27.3. The average Bonchev–Trinajstić information content (AvgIpc) is 2.61. The van der Waals surface area contributed by atoms with Gasteiger partial charge in [0, 0.05) is 13.2 Å². The zero-order chi connectivity index (χ0) is 11.5. The van der Waals surface area contributed by atoms with Gasteiger partial charge in [0.25, 0.3) is 0 Å². The van der Waals surface area contributed by atoms with Gasteiger partial charge in [-0.2, -0.15) is 0 Å². The van der Waals surface area contributed by atoms with Crippen molar-refractivity contribution in [1.82, 2.24) is 5.32 Å². The van der Waals surface area contributed by atoms with E-state index in [0.717, 1.165) is 19.4 Å². The van der Waals surface area contributed by atoms with E-state index in [1.165, 1.54) is 0 Å². The molecule has 1 fully saturated rings. The highest BCUT2D eigenvalue weighted by molar-refractivity contribution is 7.80. The van der Waals surface area contributed by atoms with Gasteiger partial charge in [-0.1, -0.05) is 12.2 Å². The van der Waals surface area contributed by atoms with Crippen LogP contribution in [0, 0.1) is 5.92 Å². The maximum absolute atomic E-state index is 11.5. The van der Waals surface area contributed by atoms with E-state index < -0.39 is 5.92 Å². The molecule has 1 saturated heterocycles. The van der Waals surface area contributed by atoms with Gasteiger partial charge in [0.1, 0.15) is 0 Å². The van der Waals surface area contributed by atoms with Crippen LogP contribution in [0.1, 0.15) is 26.7 Å². The summed E-state index contributed by atoms with van der Waals surface area (Å²) in [5.74, 6) is -0.538. The Morgan fingerprint density at radius 3 is 2.87 bits per heavy atom. The van der Waals surface area contributed by atoms with Crippen LogP contribution in [0.3, 0.4) is 0 Å². The summed E-state index contributed by atoms with van der Waals surface area (Å²) >= 11 is 4.76. The first-order valence-corrected chi connectivity index (χ1v) is 5.56. The van der Waals surface area contributed by atoms with E-state index >= 15 is 0 Å². The molecule has 3 N–H and O–H groups in total. The van der Waals surface area contributed by atoms with Gasteiger partial charge in [0.2, 0.25) is 5.91 Å².